The first kappa shape index (κ1) is 20.4. The highest BCUT2D eigenvalue weighted by molar-refractivity contribution is 5.87. The largest absolute Gasteiger partial charge is 0.378 e. The number of benzene rings is 1. The van der Waals surface area contributed by atoms with Gasteiger partial charge in [-0.15, -0.1) is 0 Å². The molecule has 5 nitrogen and oxygen atoms in total. The van der Waals surface area contributed by atoms with Gasteiger partial charge in [-0.3, -0.25) is 9.59 Å². The van der Waals surface area contributed by atoms with Crippen molar-refractivity contribution in [1.82, 2.24) is 10.2 Å². The topological polar surface area (TPSA) is 58.6 Å². The van der Waals surface area contributed by atoms with Gasteiger partial charge in [-0.05, 0) is 37.2 Å². The third-order valence-electron chi connectivity index (χ3n) is 4.63. The number of hydrogen-bond donors (Lipinski definition) is 1. The summed E-state index contributed by atoms with van der Waals surface area (Å²) >= 11 is 0. The number of amides is 2. The Labute approximate surface area is 157 Å². The smallest absolute Gasteiger partial charge is 0.245 e. The average molecular weight is 360 g/mol. The zero-order chi connectivity index (χ0) is 18.8. The van der Waals surface area contributed by atoms with Gasteiger partial charge in [0.25, 0.3) is 0 Å². The zero-order valence-corrected chi connectivity index (χ0v) is 16.1. The van der Waals surface area contributed by atoms with Crippen LogP contribution in [-0.2, 0) is 20.7 Å². The van der Waals surface area contributed by atoms with Crippen LogP contribution in [0.25, 0.3) is 0 Å². The first-order valence-corrected chi connectivity index (χ1v) is 9.76. The molecule has 0 aliphatic carbocycles. The molecule has 2 amide bonds. The van der Waals surface area contributed by atoms with Crippen LogP contribution in [0, 0.1) is 5.92 Å². The number of nitrogens with zero attached hydrogens (tertiary/aromatic N) is 1. The zero-order valence-electron chi connectivity index (χ0n) is 16.1. The first-order valence-electron chi connectivity index (χ1n) is 9.76. The summed E-state index contributed by atoms with van der Waals surface area (Å²) in [5, 5.41) is 2.97. The Bertz CT molecular complexity index is 554. The Kier molecular flexibility index (Phi) is 8.62. The number of nitrogens with one attached hydrogen (secondary N) is 1. The van der Waals surface area contributed by atoms with Crippen LogP contribution in [0.5, 0.6) is 0 Å². The van der Waals surface area contributed by atoms with Crippen molar-refractivity contribution >= 4 is 11.8 Å². The van der Waals surface area contributed by atoms with Crippen molar-refractivity contribution in [3.8, 4) is 0 Å². The van der Waals surface area contributed by atoms with Gasteiger partial charge >= 0.3 is 0 Å². The number of ether oxygens (including phenoxy) is 1. The van der Waals surface area contributed by atoms with Gasteiger partial charge in [0.05, 0.1) is 13.2 Å². The molecule has 1 aliphatic heterocycles. The summed E-state index contributed by atoms with van der Waals surface area (Å²) in [6.45, 7) is 6.53. The molecule has 1 aromatic carbocycles. The molecule has 0 spiro atoms. The lowest BCUT2D eigenvalue weighted by atomic mass is 10.0. The van der Waals surface area contributed by atoms with E-state index >= 15 is 0 Å². The van der Waals surface area contributed by atoms with E-state index < -0.39 is 6.04 Å². The van der Waals surface area contributed by atoms with E-state index in [1.165, 1.54) is 5.56 Å². The molecule has 0 saturated carbocycles. The molecule has 144 valence electrons. The van der Waals surface area contributed by atoms with Gasteiger partial charge in [-0.25, -0.2) is 0 Å². The third-order valence-corrected chi connectivity index (χ3v) is 4.63. The van der Waals surface area contributed by atoms with Crippen LogP contribution in [0.2, 0.25) is 0 Å². The van der Waals surface area contributed by atoms with Crippen molar-refractivity contribution in [2.24, 2.45) is 5.92 Å². The summed E-state index contributed by atoms with van der Waals surface area (Å²) in [4.78, 5) is 26.9. The number of carbonyl (C=O) groups is 2. The van der Waals surface area contributed by atoms with E-state index in [2.05, 4.69) is 31.3 Å². The molecule has 2 rings (SSSR count). The highest BCUT2D eigenvalue weighted by atomic mass is 16.5. The average Bonchev–Trinajstić information content (AvgIpc) is 2.65. The maximum atomic E-state index is 12.7. The Morgan fingerprint density at radius 3 is 2.46 bits per heavy atom. The summed E-state index contributed by atoms with van der Waals surface area (Å²) in [6.07, 6.45) is 3.94. The molecule has 1 heterocycles. The van der Waals surface area contributed by atoms with Gasteiger partial charge in [-0.1, -0.05) is 44.2 Å². The molecular weight excluding hydrogens is 328 g/mol. The number of rotatable bonds is 9. The molecule has 1 aliphatic rings. The van der Waals surface area contributed by atoms with Gasteiger partial charge in [0, 0.05) is 19.5 Å². The highest BCUT2D eigenvalue weighted by Gasteiger charge is 2.27. The molecule has 0 bridgehead atoms. The van der Waals surface area contributed by atoms with Gasteiger partial charge in [0.15, 0.2) is 0 Å². The lowest BCUT2D eigenvalue weighted by Gasteiger charge is -2.31. The van der Waals surface area contributed by atoms with Crippen molar-refractivity contribution in [3.05, 3.63) is 35.9 Å². The fourth-order valence-electron chi connectivity index (χ4n) is 3.22. The summed E-state index contributed by atoms with van der Waals surface area (Å²) in [5.74, 6) is 0.355. The van der Waals surface area contributed by atoms with Crippen molar-refractivity contribution in [1.29, 1.82) is 0 Å². The van der Waals surface area contributed by atoms with Crippen molar-refractivity contribution in [2.75, 3.05) is 26.3 Å². The minimum absolute atomic E-state index is 0.0229. The Balaban J connectivity index is 1.76. The van der Waals surface area contributed by atoms with Crippen LogP contribution < -0.4 is 5.32 Å². The van der Waals surface area contributed by atoms with Crippen LogP contribution in [0.1, 0.15) is 45.1 Å². The molecule has 0 unspecified atom stereocenters. The lowest BCUT2D eigenvalue weighted by Crippen LogP contribution is -2.52. The second kappa shape index (κ2) is 11.0. The van der Waals surface area contributed by atoms with Gasteiger partial charge in [0.1, 0.15) is 6.04 Å². The predicted molar refractivity (Wildman–Crippen MR) is 103 cm³/mol. The Morgan fingerprint density at radius 1 is 1.12 bits per heavy atom. The summed E-state index contributed by atoms with van der Waals surface area (Å²) in [7, 11) is 0. The number of aryl methyl sites for hydroxylation is 1. The lowest BCUT2D eigenvalue weighted by molar-refractivity contribution is -0.140. The van der Waals surface area contributed by atoms with Crippen LogP contribution in [0.15, 0.2) is 30.3 Å². The molecule has 1 fully saturated rings. The quantitative estimate of drug-likeness (QED) is 0.689. The number of unbranched alkanes of at least 4 members (excludes halogenated alkanes) is 1. The van der Waals surface area contributed by atoms with Crippen LogP contribution >= 0.6 is 0 Å². The molecule has 5 heteroatoms. The molecule has 0 radical (unpaired) electrons. The molecule has 0 aromatic heterocycles. The molecule has 1 aromatic rings. The van der Waals surface area contributed by atoms with E-state index in [4.69, 9.17) is 4.74 Å². The fourth-order valence-corrected chi connectivity index (χ4v) is 3.22. The normalized spacial score (nSPS) is 15.7. The SMILES string of the molecule is CC(C)C[C@@H](NC(=O)CCCCc1ccccc1)C(=O)N1CCOCC1. The standard InChI is InChI=1S/C21H32N2O3/c1-17(2)16-19(21(25)23-12-14-26-15-13-23)22-20(24)11-7-6-10-18-8-4-3-5-9-18/h3-5,8-9,17,19H,6-7,10-16H2,1-2H3,(H,22,24)/t19-/m1/s1. The van der Waals surface area contributed by atoms with Crippen LogP contribution in [0.3, 0.4) is 0 Å². The Morgan fingerprint density at radius 2 is 1.81 bits per heavy atom. The van der Waals surface area contributed by atoms with E-state index in [1.807, 2.05) is 23.1 Å². The number of morpholine rings is 1. The molecule has 1 N–H and O–H groups in total. The maximum absolute atomic E-state index is 12.7. The third kappa shape index (κ3) is 7.16. The summed E-state index contributed by atoms with van der Waals surface area (Å²) in [6, 6.07) is 9.89. The minimum Gasteiger partial charge on any atom is -0.378 e. The van der Waals surface area contributed by atoms with Gasteiger partial charge in [-0.2, -0.15) is 0 Å². The van der Waals surface area contributed by atoms with Gasteiger partial charge < -0.3 is 15.0 Å². The van der Waals surface area contributed by atoms with Crippen molar-refractivity contribution < 1.29 is 14.3 Å². The molecule has 1 saturated heterocycles. The van der Waals surface area contributed by atoms with Crippen LogP contribution in [-0.4, -0.2) is 49.1 Å². The summed E-state index contributed by atoms with van der Waals surface area (Å²) in [5.41, 5.74) is 1.30. The van der Waals surface area contributed by atoms with E-state index in [9.17, 15) is 9.59 Å². The summed E-state index contributed by atoms with van der Waals surface area (Å²) < 4.78 is 5.31. The molecular formula is C21H32N2O3. The Hall–Kier alpha value is -1.88. The number of hydrogen-bond acceptors (Lipinski definition) is 3. The highest BCUT2D eigenvalue weighted by Crippen LogP contribution is 2.11. The van der Waals surface area contributed by atoms with E-state index in [-0.39, 0.29) is 11.8 Å². The second-order valence-corrected chi connectivity index (χ2v) is 7.38. The van der Waals surface area contributed by atoms with Crippen molar-refractivity contribution in [2.45, 2.75) is 52.0 Å². The number of carbonyl (C=O) groups excluding carboxylic acids is 2. The first-order chi connectivity index (χ1) is 12.6. The molecule has 1 atom stereocenters. The maximum Gasteiger partial charge on any atom is 0.245 e. The van der Waals surface area contributed by atoms with E-state index in [1.54, 1.807) is 0 Å². The molecule has 26 heavy (non-hydrogen) atoms. The minimum atomic E-state index is -0.422. The van der Waals surface area contributed by atoms with Crippen LogP contribution in [0.4, 0.5) is 0 Å². The fraction of sp³-hybridized carbons (Fsp3) is 0.619. The predicted octanol–water partition coefficient (Wildman–Crippen LogP) is 2.79. The monoisotopic (exact) mass is 360 g/mol. The van der Waals surface area contributed by atoms with E-state index in [0.717, 1.165) is 19.3 Å². The second-order valence-electron chi connectivity index (χ2n) is 7.38. The van der Waals surface area contributed by atoms with Crippen molar-refractivity contribution in [3.63, 3.8) is 0 Å². The van der Waals surface area contributed by atoms with Gasteiger partial charge in [0.2, 0.25) is 11.8 Å². The van der Waals surface area contributed by atoms with E-state index in [0.29, 0.717) is 45.1 Å².